The van der Waals surface area contributed by atoms with Crippen molar-refractivity contribution >= 4 is 12.4 Å². The van der Waals surface area contributed by atoms with Gasteiger partial charge in [0, 0.05) is 0 Å². The Morgan fingerprint density at radius 3 is 2.60 bits per heavy atom. The van der Waals surface area contributed by atoms with E-state index >= 15 is 0 Å². The quantitative estimate of drug-likeness (QED) is 0.332. The van der Waals surface area contributed by atoms with Crippen molar-refractivity contribution in [3.05, 3.63) is 0 Å². The Labute approximate surface area is 60.1 Å². The molecule has 0 amide bonds. The van der Waals surface area contributed by atoms with E-state index in [1.54, 1.807) is 0 Å². The van der Waals surface area contributed by atoms with Crippen molar-refractivity contribution in [1.82, 2.24) is 0 Å². The van der Waals surface area contributed by atoms with Gasteiger partial charge in [0.15, 0.2) is 0 Å². The van der Waals surface area contributed by atoms with E-state index in [2.05, 4.69) is 4.99 Å². The highest BCUT2D eigenvalue weighted by Gasteiger charge is 2.12. The van der Waals surface area contributed by atoms with Gasteiger partial charge in [-0.1, -0.05) is 20.3 Å². The van der Waals surface area contributed by atoms with Crippen LogP contribution in [-0.2, 0) is 9.59 Å². The van der Waals surface area contributed by atoms with Crippen molar-refractivity contribution in [3.63, 3.8) is 0 Å². The fourth-order valence-corrected chi connectivity index (χ4v) is 0.594. The summed E-state index contributed by atoms with van der Waals surface area (Å²) in [4.78, 5) is 23.3. The summed E-state index contributed by atoms with van der Waals surface area (Å²) in [5.74, 6) is 0.138. The molecule has 0 saturated carbocycles. The van der Waals surface area contributed by atoms with Gasteiger partial charge in [-0.05, 0) is 5.92 Å². The molecule has 0 heterocycles. The van der Waals surface area contributed by atoms with Crippen LogP contribution in [0.4, 0.5) is 0 Å². The molecule has 0 rings (SSSR count). The molecule has 3 nitrogen and oxygen atoms in total. The van der Waals surface area contributed by atoms with Gasteiger partial charge in [0.2, 0.25) is 6.08 Å². The number of hydrogen-bond acceptors (Lipinski definition) is 3. The molecule has 0 fully saturated rings. The van der Waals surface area contributed by atoms with Crippen LogP contribution in [0.5, 0.6) is 0 Å². The van der Waals surface area contributed by atoms with E-state index < -0.39 is 6.04 Å². The lowest BCUT2D eigenvalue weighted by Gasteiger charge is -2.08. The SMILES string of the molecule is CC[C@H](C)[C@@H](C=O)N=C=O. The van der Waals surface area contributed by atoms with Gasteiger partial charge in [-0.25, -0.2) is 4.79 Å². The van der Waals surface area contributed by atoms with E-state index in [0.29, 0.717) is 6.29 Å². The molecule has 0 aliphatic heterocycles. The molecule has 3 heteroatoms. The fraction of sp³-hybridized carbons (Fsp3) is 0.714. The number of hydrogen-bond donors (Lipinski definition) is 0. The molecule has 0 aromatic carbocycles. The molecule has 0 aliphatic carbocycles. The molecule has 0 radical (unpaired) electrons. The molecule has 0 unspecified atom stereocenters. The van der Waals surface area contributed by atoms with E-state index in [1.165, 1.54) is 6.08 Å². The number of isocyanates is 1. The topological polar surface area (TPSA) is 46.5 Å². The first-order chi connectivity index (χ1) is 4.76. The predicted molar refractivity (Wildman–Crippen MR) is 37.4 cm³/mol. The minimum absolute atomic E-state index is 0.138. The van der Waals surface area contributed by atoms with Crippen LogP contribution in [0.15, 0.2) is 4.99 Å². The van der Waals surface area contributed by atoms with Crippen molar-refractivity contribution in [2.24, 2.45) is 10.9 Å². The monoisotopic (exact) mass is 141 g/mol. The minimum Gasteiger partial charge on any atom is -0.301 e. The van der Waals surface area contributed by atoms with E-state index in [1.807, 2.05) is 13.8 Å². The Morgan fingerprint density at radius 2 is 2.30 bits per heavy atom. The lowest BCUT2D eigenvalue weighted by molar-refractivity contribution is -0.109. The van der Waals surface area contributed by atoms with Gasteiger partial charge in [0.25, 0.3) is 0 Å². The number of aliphatic imine (C=N–C) groups is 1. The van der Waals surface area contributed by atoms with Gasteiger partial charge in [-0.2, -0.15) is 4.99 Å². The number of carbonyl (C=O) groups is 1. The van der Waals surface area contributed by atoms with Gasteiger partial charge in [0.05, 0.1) is 0 Å². The Hall–Kier alpha value is -0.950. The first-order valence-electron chi connectivity index (χ1n) is 3.28. The molecule has 56 valence electrons. The molecule has 2 atom stereocenters. The maximum Gasteiger partial charge on any atom is 0.235 e. The van der Waals surface area contributed by atoms with Crippen LogP contribution >= 0.6 is 0 Å². The third-order valence-electron chi connectivity index (χ3n) is 1.57. The average Bonchev–Trinajstić information content (AvgIpc) is 1.99. The summed E-state index contributed by atoms with van der Waals surface area (Å²) in [6, 6.07) is -0.498. The maximum atomic E-state index is 10.2. The summed E-state index contributed by atoms with van der Waals surface area (Å²) in [5.41, 5.74) is 0. The smallest absolute Gasteiger partial charge is 0.235 e. The molecule has 0 N–H and O–H groups in total. The van der Waals surface area contributed by atoms with E-state index in [0.717, 1.165) is 6.42 Å². The summed E-state index contributed by atoms with van der Waals surface area (Å²) in [7, 11) is 0. The van der Waals surface area contributed by atoms with Crippen LogP contribution in [0.25, 0.3) is 0 Å². The van der Waals surface area contributed by atoms with Gasteiger partial charge >= 0.3 is 0 Å². The molecule has 10 heavy (non-hydrogen) atoms. The second kappa shape index (κ2) is 4.89. The normalized spacial score (nSPS) is 15.0. The van der Waals surface area contributed by atoms with Crippen molar-refractivity contribution in [3.8, 4) is 0 Å². The fourth-order valence-electron chi connectivity index (χ4n) is 0.594. The summed E-state index contributed by atoms with van der Waals surface area (Å²) in [6.45, 7) is 3.82. The molecular formula is C7H11NO2. The van der Waals surface area contributed by atoms with Gasteiger partial charge in [-0.3, -0.25) is 0 Å². The summed E-state index contributed by atoms with van der Waals surface area (Å²) in [6.07, 6.45) is 2.90. The summed E-state index contributed by atoms with van der Waals surface area (Å²) in [5, 5.41) is 0. The van der Waals surface area contributed by atoms with E-state index in [-0.39, 0.29) is 5.92 Å². The Bertz CT molecular complexity index is 150. The third kappa shape index (κ3) is 2.55. The Kier molecular flexibility index (Phi) is 4.42. The average molecular weight is 141 g/mol. The Morgan fingerprint density at radius 1 is 1.70 bits per heavy atom. The van der Waals surface area contributed by atoms with Crippen molar-refractivity contribution in [2.75, 3.05) is 0 Å². The Balaban J connectivity index is 4.04. The van der Waals surface area contributed by atoms with Gasteiger partial charge < -0.3 is 4.79 Å². The number of nitrogens with zero attached hydrogens (tertiary/aromatic N) is 1. The minimum atomic E-state index is -0.498. The highest BCUT2D eigenvalue weighted by molar-refractivity contribution is 5.60. The van der Waals surface area contributed by atoms with Crippen LogP contribution in [0.2, 0.25) is 0 Å². The van der Waals surface area contributed by atoms with Crippen LogP contribution in [0, 0.1) is 5.92 Å². The lowest BCUT2D eigenvalue weighted by Crippen LogP contribution is -2.15. The maximum absolute atomic E-state index is 10.2. The highest BCUT2D eigenvalue weighted by atomic mass is 16.1. The number of rotatable bonds is 4. The zero-order valence-electron chi connectivity index (χ0n) is 6.20. The largest absolute Gasteiger partial charge is 0.301 e. The van der Waals surface area contributed by atoms with Crippen molar-refractivity contribution in [2.45, 2.75) is 26.3 Å². The molecule has 0 aromatic heterocycles. The first kappa shape index (κ1) is 9.05. The van der Waals surface area contributed by atoms with Gasteiger partial charge in [0.1, 0.15) is 12.3 Å². The molecule has 0 spiro atoms. The predicted octanol–water partition coefficient (Wildman–Crippen LogP) is 0.936. The molecule has 0 saturated heterocycles. The van der Waals surface area contributed by atoms with E-state index in [4.69, 9.17) is 0 Å². The molecule has 0 aliphatic rings. The zero-order valence-corrected chi connectivity index (χ0v) is 6.20. The number of carbonyl (C=O) groups excluding carboxylic acids is 2. The van der Waals surface area contributed by atoms with Crippen LogP contribution in [0.1, 0.15) is 20.3 Å². The van der Waals surface area contributed by atoms with Crippen molar-refractivity contribution < 1.29 is 9.59 Å². The second-order valence-corrected chi connectivity index (χ2v) is 2.23. The third-order valence-corrected chi connectivity index (χ3v) is 1.57. The van der Waals surface area contributed by atoms with Crippen LogP contribution in [-0.4, -0.2) is 18.4 Å². The van der Waals surface area contributed by atoms with Crippen molar-refractivity contribution in [1.29, 1.82) is 0 Å². The van der Waals surface area contributed by atoms with Crippen LogP contribution in [0.3, 0.4) is 0 Å². The molecule has 0 bridgehead atoms. The zero-order chi connectivity index (χ0) is 7.98. The van der Waals surface area contributed by atoms with Crippen LogP contribution < -0.4 is 0 Å². The highest BCUT2D eigenvalue weighted by Crippen LogP contribution is 2.07. The standard InChI is InChI=1S/C7H11NO2/c1-3-6(2)7(4-9)8-5-10/h4,6-7H,3H2,1-2H3/t6-,7+/m0/s1. The van der Waals surface area contributed by atoms with E-state index in [9.17, 15) is 9.59 Å². The summed E-state index contributed by atoms with van der Waals surface area (Å²) >= 11 is 0. The lowest BCUT2D eigenvalue weighted by atomic mass is 10.0. The molecule has 0 aromatic rings. The van der Waals surface area contributed by atoms with Gasteiger partial charge in [-0.15, -0.1) is 0 Å². The summed E-state index contributed by atoms with van der Waals surface area (Å²) < 4.78 is 0. The number of aldehydes is 1. The second-order valence-electron chi connectivity index (χ2n) is 2.23. The molecular weight excluding hydrogens is 130 g/mol. The first-order valence-corrected chi connectivity index (χ1v) is 3.28.